The first kappa shape index (κ1) is 13.1. The first-order valence-corrected chi connectivity index (χ1v) is 6.63. The van der Waals surface area contributed by atoms with Crippen molar-refractivity contribution in [1.29, 1.82) is 0 Å². The summed E-state index contributed by atoms with van der Waals surface area (Å²) in [5.41, 5.74) is 2.51. The second-order valence-electron chi connectivity index (χ2n) is 5.08. The lowest BCUT2D eigenvalue weighted by molar-refractivity contribution is -0.118. The zero-order valence-corrected chi connectivity index (χ0v) is 11.4. The van der Waals surface area contributed by atoms with Crippen LogP contribution in [-0.4, -0.2) is 28.5 Å². The summed E-state index contributed by atoms with van der Waals surface area (Å²) in [6.45, 7) is 9.24. The Labute approximate surface area is 108 Å². The van der Waals surface area contributed by atoms with Gasteiger partial charge < -0.3 is 15.2 Å². The van der Waals surface area contributed by atoms with Crippen LogP contribution < -0.4 is 10.6 Å². The van der Waals surface area contributed by atoms with Crippen LogP contribution in [0.25, 0.3) is 0 Å². The molecule has 0 aliphatic carbocycles. The molecule has 0 bridgehead atoms. The van der Waals surface area contributed by atoms with E-state index in [4.69, 9.17) is 4.98 Å². The number of hydrogen-bond donors (Lipinski definition) is 2. The minimum Gasteiger partial charge on any atom is -0.355 e. The SMILES string of the molecule is CC(=O)NCCn1c(C(C)C)nc2c1CCNC2. The van der Waals surface area contributed by atoms with Gasteiger partial charge in [0.25, 0.3) is 0 Å². The van der Waals surface area contributed by atoms with Gasteiger partial charge in [-0.05, 0) is 0 Å². The monoisotopic (exact) mass is 250 g/mol. The van der Waals surface area contributed by atoms with Crippen molar-refractivity contribution < 1.29 is 4.79 Å². The molecule has 0 radical (unpaired) electrons. The molecular formula is C13H22N4O. The second-order valence-corrected chi connectivity index (χ2v) is 5.08. The summed E-state index contributed by atoms with van der Waals surface area (Å²) >= 11 is 0. The van der Waals surface area contributed by atoms with E-state index in [-0.39, 0.29) is 5.91 Å². The largest absolute Gasteiger partial charge is 0.355 e. The van der Waals surface area contributed by atoms with Crippen molar-refractivity contribution in [2.24, 2.45) is 0 Å². The molecule has 2 N–H and O–H groups in total. The zero-order chi connectivity index (χ0) is 13.1. The third kappa shape index (κ3) is 2.72. The molecule has 1 aliphatic rings. The highest BCUT2D eigenvalue weighted by atomic mass is 16.1. The van der Waals surface area contributed by atoms with Crippen LogP contribution in [0.5, 0.6) is 0 Å². The Kier molecular flexibility index (Phi) is 4.01. The van der Waals surface area contributed by atoms with Crippen LogP contribution in [0.2, 0.25) is 0 Å². The van der Waals surface area contributed by atoms with Crippen LogP contribution in [-0.2, 0) is 24.3 Å². The van der Waals surface area contributed by atoms with E-state index in [0.717, 1.165) is 31.9 Å². The Hall–Kier alpha value is -1.36. The van der Waals surface area contributed by atoms with Gasteiger partial charge in [-0.1, -0.05) is 13.8 Å². The Balaban J connectivity index is 2.19. The second kappa shape index (κ2) is 5.52. The van der Waals surface area contributed by atoms with Crippen molar-refractivity contribution in [3.05, 3.63) is 17.2 Å². The maximum absolute atomic E-state index is 10.9. The molecule has 0 spiro atoms. The van der Waals surface area contributed by atoms with Gasteiger partial charge in [-0.3, -0.25) is 4.79 Å². The maximum atomic E-state index is 10.9. The molecule has 0 aromatic carbocycles. The van der Waals surface area contributed by atoms with E-state index in [1.807, 2.05) is 0 Å². The number of nitrogens with one attached hydrogen (secondary N) is 2. The standard InChI is InChI=1S/C13H22N4O/c1-9(2)13-16-11-8-14-5-4-12(11)17(13)7-6-15-10(3)18/h9,14H,4-8H2,1-3H3,(H,15,18). The van der Waals surface area contributed by atoms with Gasteiger partial charge in [0.2, 0.25) is 5.91 Å². The first-order chi connectivity index (χ1) is 8.59. The molecular weight excluding hydrogens is 228 g/mol. The topological polar surface area (TPSA) is 59.0 Å². The number of amides is 1. The molecule has 2 heterocycles. The molecule has 1 aromatic rings. The van der Waals surface area contributed by atoms with Gasteiger partial charge in [0, 0.05) is 51.1 Å². The number of imidazole rings is 1. The van der Waals surface area contributed by atoms with Crippen LogP contribution in [0.4, 0.5) is 0 Å². The van der Waals surface area contributed by atoms with E-state index in [9.17, 15) is 4.79 Å². The molecule has 0 fully saturated rings. The average molecular weight is 250 g/mol. The lowest BCUT2D eigenvalue weighted by atomic mass is 10.2. The van der Waals surface area contributed by atoms with Crippen molar-refractivity contribution in [1.82, 2.24) is 20.2 Å². The Morgan fingerprint density at radius 3 is 3.00 bits per heavy atom. The summed E-state index contributed by atoms with van der Waals surface area (Å²) in [6, 6.07) is 0. The number of fused-ring (bicyclic) bond motifs is 1. The third-order valence-corrected chi connectivity index (χ3v) is 3.24. The lowest BCUT2D eigenvalue weighted by Gasteiger charge is -2.17. The van der Waals surface area contributed by atoms with Gasteiger partial charge in [0.1, 0.15) is 5.82 Å². The van der Waals surface area contributed by atoms with Gasteiger partial charge in [0.05, 0.1) is 5.69 Å². The fourth-order valence-electron chi connectivity index (χ4n) is 2.43. The maximum Gasteiger partial charge on any atom is 0.216 e. The normalized spacial score (nSPS) is 14.7. The molecule has 0 saturated heterocycles. The van der Waals surface area contributed by atoms with Gasteiger partial charge in [-0.2, -0.15) is 0 Å². The number of hydrogen-bond acceptors (Lipinski definition) is 3. The Morgan fingerprint density at radius 2 is 2.33 bits per heavy atom. The van der Waals surface area contributed by atoms with Gasteiger partial charge in [0.15, 0.2) is 0 Å². The Morgan fingerprint density at radius 1 is 1.56 bits per heavy atom. The highest BCUT2D eigenvalue weighted by Crippen LogP contribution is 2.21. The van der Waals surface area contributed by atoms with Gasteiger partial charge in [-0.15, -0.1) is 0 Å². The summed E-state index contributed by atoms with van der Waals surface area (Å²) < 4.78 is 2.29. The molecule has 1 amide bonds. The summed E-state index contributed by atoms with van der Waals surface area (Å²) in [7, 11) is 0. The van der Waals surface area contributed by atoms with E-state index in [1.54, 1.807) is 6.92 Å². The van der Waals surface area contributed by atoms with Crippen molar-refractivity contribution >= 4 is 5.91 Å². The van der Waals surface area contributed by atoms with Gasteiger partial charge in [-0.25, -0.2) is 4.98 Å². The van der Waals surface area contributed by atoms with E-state index in [0.29, 0.717) is 12.5 Å². The predicted octanol–water partition coefficient (Wildman–Crippen LogP) is 0.788. The number of carbonyl (C=O) groups excluding carboxylic acids is 1. The van der Waals surface area contributed by atoms with Crippen molar-refractivity contribution in [3.8, 4) is 0 Å². The van der Waals surface area contributed by atoms with Crippen LogP contribution in [0.15, 0.2) is 0 Å². The first-order valence-electron chi connectivity index (χ1n) is 6.63. The molecule has 0 atom stereocenters. The molecule has 18 heavy (non-hydrogen) atoms. The number of aromatic nitrogens is 2. The molecule has 5 nitrogen and oxygen atoms in total. The molecule has 1 aliphatic heterocycles. The summed E-state index contributed by atoms with van der Waals surface area (Å²) in [6.07, 6.45) is 1.02. The third-order valence-electron chi connectivity index (χ3n) is 3.24. The van der Waals surface area contributed by atoms with Gasteiger partial charge >= 0.3 is 0 Å². The van der Waals surface area contributed by atoms with E-state index in [1.165, 1.54) is 11.4 Å². The molecule has 0 unspecified atom stereocenters. The summed E-state index contributed by atoms with van der Waals surface area (Å²) in [5.74, 6) is 1.57. The van der Waals surface area contributed by atoms with E-state index < -0.39 is 0 Å². The highest BCUT2D eigenvalue weighted by molar-refractivity contribution is 5.72. The quantitative estimate of drug-likeness (QED) is 0.830. The smallest absolute Gasteiger partial charge is 0.216 e. The van der Waals surface area contributed by atoms with Crippen molar-refractivity contribution in [2.75, 3.05) is 13.1 Å². The van der Waals surface area contributed by atoms with Crippen LogP contribution in [0.3, 0.4) is 0 Å². The zero-order valence-electron chi connectivity index (χ0n) is 11.4. The molecule has 1 aromatic heterocycles. The van der Waals surface area contributed by atoms with Crippen LogP contribution in [0, 0.1) is 0 Å². The van der Waals surface area contributed by atoms with Crippen molar-refractivity contribution in [2.45, 2.75) is 46.2 Å². The van der Waals surface area contributed by atoms with E-state index >= 15 is 0 Å². The summed E-state index contributed by atoms with van der Waals surface area (Å²) in [5, 5.41) is 6.20. The fourth-order valence-corrected chi connectivity index (χ4v) is 2.43. The average Bonchev–Trinajstić information content (AvgIpc) is 2.68. The predicted molar refractivity (Wildman–Crippen MR) is 70.4 cm³/mol. The van der Waals surface area contributed by atoms with Crippen molar-refractivity contribution in [3.63, 3.8) is 0 Å². The lowest BCUT2D eigenvalue weighted by Crippen LogP contribution is -2.28. The van der Waals surface area contributed by atoms with Crippen LogP contribution in [0.1, 0.15) is 43.9 Å². The minimum atomic E-state index is 0.0248. The molecule has 5 heteroatoms. The minimum absolute atomic E-state index is 0.0248. The molecule has 2 rings (SSSR count). The number of rotatable bonds is 4. The molecule has 100 valence electrons. The number of carbonyl (C=O) groups is 1. The van der Waals surface area contributed by atoms with Crippen LogP contribution >= 0.6 is 0 Å². The fraction of sp³-hybridized carbons (Fsp3) is 0.692. The highest BCUT2D eigenvalue weighted by Gasteiger charge is 2.20. The molecule has 0 saturated carbocycles. The number of nitrogens with zero attached hydrogens (tertiary/aromatic N) is 2. The van der Waals surface area contributed by atoms with E-state index in [2.05, 4.69) is 29.0 Å². The summed E-state index contributed by atoms with van der Waals surface area (Å²) in [4.78, 5) is 15.7. The Bertz CT molecular complexity index is 436.